The van der Waals surface area contributed by atoms with Gasteiger partial charge in [0.2, 0.25) is 5.95 Å². The fourth-order valence-corrected chi connectivity index (χ4v) is 3.81. The molecule has 0 bridgehead atoms. The molecule has 4 nitrogen and oxygen atoms in total. The largest absolute Gasteiger partial charge is 0.395 e. The summed E-state index contributed by atoms with van der Waals surface area (Å²) in [6.07, 6.45) is 0. The zero-order valence-electron chi connectivity index (χ0n) is 11.9. The lowest BCUT2D eigenvalue weighted by Gasteiger charge is -2.00. The van der Waals surface area contributed by atoms with Crippen LogP contribution in [0, 0.1) is 5.95 Å². The van der Waals surface area contributed by atoms with Gasteiger partial charge in [-0.25, -0.2) is 9.97 Å². The Morgan fingerprint density at radius 2 is 2.14 bits per heavy atom. The van der Waals surface area contributed by atoms with Crippen LogP contribution in [0.2, 0.25) is 0 Å². The Labute approximate surface area is 135 Å². The summed E-state index contributed by atoms with van der Waals surface area (Å²) in [4.78, 5) is 9.52. The topological polar surface area (TPSA) is 61.0 Å². The number of nitrogens with zero attached hydrogens (tertiary/aromatic N) is 2. The predicted molar refractivity (Wildman–Crippen MR) is 89.8 cm³/mol. The van der Waals surface area contributed by atoms with Gasteiger partial charge in [0.05, 0.1) is 22.5 Å². The van der Waals surface area contributed by atoms with Gasteiger partial charge in [-0.2, -0.15) is 4.39 Å². The molecule has 3 rings (SSSR count). The first kappa shape index (κ1) is 15.2. The van der Waals surface area contributed by atoms with Gasteiger partial charge in [-0.3, -0.25) is 0 Å². The Morgan fingerprint density at radius 3 is 2.91 bits per heavy atom. The number of benzene rings is 1. The summed E-state index contributed by atoms with van der Waals surface area (Å²) < 4.78 is 19.6. The molecule has 0 spiro atoms. The average Bonchev–Trinajstić information content (AvgIpc) is 2.93. The van der Waals surface area contributed by atoms with Crippen LogP contribution in [0.5, 0.6) is 0 Å². The molecule has 0 atom stereocenters. The Bertz CT molecular complexity index is 807. The summed E-state index contributed by atoms with van der Waals surface area (Å²) in [6, 6.07) is 9.28. The first-order chi connectivity index (χ1) is 10.7. The molecular weight excluding hydrogens is 321 g/mol. The van der Waals surface area contributed by atoms with Gasteiger partial charge in [0, 0.05) is 17.8 Å². The van der Waals surface area contributed by atoms with E-state index in [2.05, 4.69) is 16.0 Å². The van der Waals surface area contributed by atoms with E-state index in [1.165, 1.54) is 17.4 Å². The number of hydrogen-bond acceptors (Lipinski definition) is 6. The number of hydrogen-bond donors (Lipinski definition) is 1. The Hall–Kier alpha value is -1.70. The first-order valence-corrected chi connectivity index (χ1v) is 8.42. The number of methoxy groups -OCH3 is 1. The molecule has 2 aromatic heterocycles. The molecule has 0 unspecified atom stereocenters. The summed E-state index contributed by atoms with van der Waals surface area (Å²) in [5.41, 5.74) is 6.88. The molecule has 114 valence electrons. The van der Waals surface area contributed by atoms with Crippen molar-refractivity contribution in [3.05, 3.63) is 36.3 Å². The van der Waals surface area contributed by atoms with Crippen LogP contribution in [0.3, 0.4) is 0 Å². The molecule has 0 aliphatic carbocycles. The first-order valence-electron chi connectivity index (χ1n) is 6.62. The van der Waals surface area contributed by atoms with Crippen molar-refractivity contribution < 1.29 is 9.13 Å². The van der Waals surface area contributed by atoms with Crippen LogP contribution in [0.15, 0.2) is 35.2 Å². The van der Waals surface area contributed by atoms with E-state index < -0.39 is 5.95 Å². The molecule has 3 aromatic rings. The predicted octanol–water partition coefficient (Wildman–Crippen LogP) is 3.82. The maximum atomic E-state index is 13.5. The van der Waals surface area contributed by atoms with Crippen LogP contribution in [0.1, 0.15) is 0 Å². The van der Waals surface area contributed by atoms with Gasteiger partial charge in [-0.05, 0) is 30.3 Å². The van der Waals surface area contributed by atoms with Crippen molar-refractivity contribution in [1.29, 1.82) is 0 Å². The quantitative estimate of drug-likeness (QED) is 0.436. The lowest BCUT2D eigenvalue weighted by atomic mass is 10.3. The van der Waals surface area contributed by atoms with Gasteiger partial charge in [0.15, 0.2) is 0 Å². The molecule has 2 N–H and O–H groups in total. The maximum absolute atomic E-state index is 13.5. The monoisotopic (exact) mass is 335 g/mol. The van der Waals surface area contributed by atoms with Crippen LogP contribution >= 0.6 is 23.1 Å². The third-order valence-corrected chi connectivity index (χ3v) is 5.01. The maximum Gasteiger partial charge on any atom is 0.236 e. The van der Waals surface area contributed by atoms with Crippen molar-refractivity contribution in [3.63, 3.8) is 0 Å². The van der Waals surface area contributed by atoms with Crippen LogP contribution < -0.4 is 5.73 Å². The second-order valence-electron chi connectivity index (χ2n) is 4.57. The Balaban J connectivity index is 1.90. The summed E-state index contributed by atoms with van der Waals surface area (Å²) in [5, 5.41) is 0.688. The van der Waals surface area contributed by atoms with Gasteiger partial charge in [0.1, 0.15) is 10.7 Å². The molecule has 0 amide bonds. The minimum Gasteiger partial charge on any atom is -0.395 e. The highest BCUT2D eigenvalue weighted by Gasteiger charge is 2.10. The number of thiazole rings is 1. The van der Waals surface area contributed by atoms with E-state index in [4.69, 9.17) is 10.5 Å². The van der Waals surface area contributed by atoms with E-state index in [9.17, 15) is 4.39 Å². The zero-order chi connectivity index (χ0) is 15.5. The molecule has 0 saturated heterocycles. The number of rotatable bonds is 5. The fraction of sp³-hybridized carbons (Fsp3) is 0.200. The summed E-state index contributed by atoms with van der Waals surface area (Å²) in [6.45, 7) is 0.714. The van der Waals surface area contributed by atoms with Gasteiger partial charge in [-0.1, -0.05) is 0 Å². The SMILES string of the molecule is COCCSc1ccc2nc(-c3ccc(N)c(F)n3)sc2c1. The van der Waals surface area contributed by atoms with Crippen LogP contribution in [0.25, 0.3) is 20.9 Å². The highest BCUT2D eigenvalue weighted by Crippen LogP contribution is 2.32. The van der Waals surface area contributed by atoms with Crippen molar-refractivity contribution in [2.75, 3.05) is 25.2 Å². The lowest BCUT2D eigenvalue weighted by molar-refractivity contribution is 0.218. The molecule has 0 aliphatic rings. The van der Waals surface area contributed by atoms with Crippen LogP contribution in [-0.4, -0.2) is 29.4 Å². The summed E-state index contributed by atoms with van der Waals surface area (Å²) in [7, 11) is 1.69. The van der Waals surface area contributed by atoms with Crippen LogP contribution in [-0.2, 0) is 4.74 Å². The highest BCUT2D eigenvalue weighted by molar-refractivity contribution is 7.99. The van der Waals surface area contributed by atoms with Crippen molar-refractivity contribution >= 4 is 39.0 Å². The van der Waals surface area contributed by atoms with Crippen molar-refractivity contribution in [1.82, 2.24) is 9.97 Å². The number of nitrogen functional groups attached to an aromatic ring is 1. The number of fused-ring (bicyclic) bond motifs is 1. The van der Waals surface area contributed by atoms with Gasteiger partial charge in [-0.15, -0.1) is 23.1 Å². The molecule has 0 aliphatic heterocycles. The lowest BCUT2D eigenvalue weighted by Crippen LogP contribution is -1.94. The molecule has 0 fully saturated rings. The minimum absolute atomic E-state index is 0.0432. The van der Waals surface area contributed by atoms with E-state index in [0.29, 0.717) is 17.3 Å². The third kappa shape index (κ3) is 3.21. The van der Waals surface area contributed by atoms with E-state index in [0.717, 1.165) is 20.9 Å². The molecule has 0 saturated carbocycles. The van der Waals surface area contributed by atoms with E-state index >= 15 is 0 Å². The number of ether oxygens (including phenoxy) is 1. The van der Waals surface area contributed by atoms with Crippen molar-refractivity contribution in [3.8, 4) is 10.7 Å². The average molecular weight is 335 g/mol. The normalized spacial score (nSPS) is 11.2. The Morgan fingerprint density at radius 1 is 1.27 bits per heavy atom. The number of nitrogens with two attached hydrogens (primary N) is 1. The zero-order valence-corrected chi connectivity index (χ0v) is 13.5. The second-order valence-corrected chi connectivity index (χ2v) is 6.77. The molecule has 1 aromatic carbocycles. The highest BCUT2D eigenvalue weighted by atomic mass is 32.2. The van der Waals surface area contributed by atoms with Gasteiger partial charge >= 0.3 is 0 Å². The number of anilines is 1. The number of aromatic nitrogens is 2. The summed E-state index contributed by atoms with van der Waals surface area (Å²) in [5.74, 6) is 0.242. The van der Waals surface area contributed by atoms with Gasteiger partial charge in [0.25, 0.3) is 0 Å². The minimum atomic E-state index is -0.660. The number of pyridine rings is 1. The smallest absolute Gasteiger partial charge is 0.236 e. The van der Waals surface area contributed by atoms with Crippen molar-refractivity contribution in [2.45, 2.75) is 4.90 Å². The molecular formula is C15H14FN3OS2. The fourth-order valence-electron chi connectivity index (χ4n) is 1.91. The van der Waals surface area contributed by atoms with E-state index in [1.54, 1.807) is 24.9 Å². The van der Waals surface area contributed by atoms with Gasteiger partial charge < -0.3 is 10.5 Å². The third-order valence-electron chi connectivity index (χ3n) is 3.01. The number of thioether (sulfide) groups is 1. The molecule has 7 heteroatoms. The summed E-state index contributed by atoms with van der Waals surface area (Å²) >= 11 is 3.22. The standard InChI is InChI=1S/C15H14FN3OS2/c1-20-6-7-21-9-2-4-11-13(8-9)22-15(19-11)12-5-3-10(17)14(16)18-12/h2-5,8H,6-7,17H2,1H3. The van der Waals surface area contributed by atoms with Crippen molar-refractivity contribution in [2.24, 2.45) is 0 Å². The van der Waals surface area contributed by atoms with E-state index in [1.807, 2.05) is 12.1 Å². The van der Waals surface area contributed by atoms with E-state index in [-0.39, 0.29) is 5.69 Å². The second kappa shape index (κ2) is 6.60. The Kier molecular flexibility index (Phi) is 4.56. The number of halogens is 1. The molecule has 0 radical (unpaired) electrons. The molecule has 2 heterocycles. The van der Waals surface area contributed by atoms with Crippen LogP contribution in [0.4, 0.5) is 10.1 Å². The molecule has 22 heavy (non-hydrogen) atoms.